The Hall–Kier alpha value is -0.910. The van der Waals surface area contributed by atoms with Gasteiger partial charge in [-0.15, -0.1) is 0 Å². The number of rotatable bonds is 8. The number of carbonyl (C=O) groups is 1. The van der Waals surface area contributed by atoms with E-state index in [1.165, 1.54) is 0 Å². The van der Waals surface area contributed by atoms with Crippen LogP contribution >= 0.6 is 0 Å². The number of hydrogen-bond donors (Lipinski definition) is 1. The minimum Gasteiger partial charge on any atom is -0.456 e. The Morgan fingerprint density at radius 1 is 1.35 bits per heavy atom. The van der Waals surface area contributed by atoms with Crippen LogP contribution in [0.15, 0.2) is 12.7 Å². The molecule has 1 fully saturated rings. The molecule has 134 valence electrons. The Bertz CT molecular complexity index is 408. The van der Waals surface area contributed by atoms with Crippen LogP contribution in [0.4, 0.5) is 0 Å². The molecule has 0 amide bonds. The van der Waals surface area contributed by atoms with Crippen molar-refractivity contribution in [3.05, 3.63) is 12.7 Å². The molecule has 0 bridgehead atoms. The highest BCUT2D eigenvalue weighted by Crippen LogP contribution is 2.47. The predicted octanol–water partition coefficient (Wildman–Crippen LogP) is 2.92. The van der Waals surface area contributed by atoms with Gasteiger partial charge in [-0.1, -0.05) is 27.4 Å². The van der Waals surface area contributed by atoms with Crippen LogP contribution in [-0.2, 0) is 19.0 Å². The standard InChI is InChI=1S/C18H32O5/c1-7-15(20)23-17(5,6)14(9-19)16(3,4)10-18(8-2)11-21-13-22-12-18/h7,14,19H,1,8-13H2,2-6H3. The summed E-state index contributed by atoms with van der Waals surface area (Å²) in [6, 6.07) is 0. The fraction of sp³-hybridized carbons (Fsp3) is 0.833. The first-order valence-corrected chi connectivity index (χ1v) is 8.24. The lowest BCUT2D eigenvalue weighted by atomic mass is 9.62. The van der Waals surface area contributed by atoms with Crippen LogP contribution in [0, 0.1) is 16.7 Å². The lowest BCUT2D eigenvalue weighted by molar-refractivity contribution is -0.188. The molecular formula is C18H32O5. The van der Waals surface area contributed by atoms with Crippen molar-refractivity contribution in [2.75, 3.05) is 26.6 Å². The normalized spacial score (nSPS) is 19.9. The molecule has 5 heteroatoms. The third-order valence-corrected chi connectivity index (χ3v) is 5.06. The topological polar surface area (TPSA) is 65.0 Å². The predicted molar refractivity (Wildman–Crippen MR) is 88.8 cm³/mol. The molecule has 0 radical (unpaired) electrons. The van der Waals surface area contributed by atoms with Crippen LogP contribution in [0.5, 0.6) is 0 Å². The summed E-state index contributed by atoms with van der Waals surface area (Å²) in [5.41, 5.74) is -1.14. The van der Waals surface area contributed by atoms with Gasteiger partial charge in [-0.2, -0.15) is 0 Å². The molecule has 0 aromatic rings. The van der Waals surface area contributed by atoms with Gasteiger partial charge < -0.3 is 19.3 Å². The van der Waals surface area contributed by atoms with Crippen molar-refractivity contribution in [2.24, 2.45) is 16.7 Å². The lowest BCUT2D eigenvalue weighted by Gasteiger charge is -2.48. The minimum atomic E-state index is -0.797. The number of aliphatic hydroxyl groups is 1. The highest BCUT2D eigenvalue weighted by atomic mass is 16.7. The number of esters is 1. The minimum absolute atomic E-state index is 0.0636. The molecule has 5 nitrogen and oxygen atoms in total. The van der Waals surface area contributed by atoms with Gasteiger partial charge in [0.2, 0.25) is 0 Å². The molecule has 1 rings (SSSR count). The van der Waals surface area contributed by atoms with Gasteiger partial charge in [0.25, 0.3) is 0 Å². The van der Waals surface area contributed by atoms with Crippen LogP contribution < -0.4 is 0 Å². The van der Waals surface area contributed by atoms with E-state index in [4.69, 9.17) is 14.2 Å². The molecule has 0 spiro atoms. The van der Waals surface area contributed by atoms with Crippen LogP contribution in [-0.4, -0.2) is 43.3 Å². The number of carbonyl (C=O) groups excluding carboxylic acids is 1. The van der Waals surface area contributed by atoms with E-state index >= 15 is 0 Å². The van der Waals surface area contributed by atoms with Gasteiger partial charge in [0, 0.05) is 17.4 Å². The number of hydrogen-bond acceptors (Lipinski definition) is 5. The summed E-state index contributed by atoms with van der Waals surface area (Å²) in [5.74, 6) is -0.692. The van der Waals surface area contributed by atoms with Gasteiger partial charge in [0.05, 0.1) is 19.8 Å². The van der Waals surface area contributed by atoms with Crippen LogP contribution in [0.25, 0.3) is 0 Å². The van der Waals surface area contributed by atoms with Crippen LogP contribution in [0.1, 0.15) is 47.5 Å². The maximum atomic E-state index is 11.6. The summed E-state index contributed by atoms with van der Waals surface area (Å²) >= 11 is 0. The van der Waals surface area contributed by atoms with Crippen LogP contribution in [0.3, 0.4) is 0 Å². The molecular weight excluding hydrogens is 296 g/mol. The zero-order valence-corrected chi connectivity index (χ0v) is 15.2. The molecule has 0 saturated carbocycles. The zero-order valence-electron chi connectivity index (χ0n) is 15.2. The summed E-state index contributed by atoms with van der Waals surface area (Å²) < 4.78 is 16.5. The summed E-state index contributed by atoms with van der Waals surface area (Å²) in [5, 5.41) is 9.99. The third kappa shape index (κ3) is 5.03. The highest BCUT2D eigenvalue weighted by Gasteiger charge is 2.47. The molecule has 1 saturated heterocycles. The van der Waals surface area contributed by atoms with E-state index in [9.17, 15) is 9.90 Å². The molecule has 1 heterocycles. The molecule has 1 unspecified atom stereocenters. The maximum Gasteiger partial charge on any atom is 0.330 e. The summed E-state index contributed by atoms with van der Waals surface area (Å²) in [7, 11) is 0. The van der Waals surface area contributed by atoms with E-state index in [-0.39, 0.29) is 23.4 Å². The second-order valence-electron chi connectivity index (χ2n) is 7.80. The largest absolute Gasteiger partial charge is 0.456 e. The van der Waals surface area contributed by atoms with Gasteiger partial charge in [-0.05, 0) is 32.1 Å². The molecule has 1 atom stereocenters. The molecule has 0 aromatic heterocycles. The van der Waals surface area contributed by atoms with Crippen molar-refractivity contribution in [3.8, 4) is 0 Å². The van der Waals surface area contributed by atoms with Crippen molar-refractivity contribution < 1.29 is 24.1 Å². The van der Waals surface area contributed by atoms with Gasteiger partial charge in [-0.25, -0.2) is 4.79 Å². The first-order valence-electron chi connectivity index (χ1n) is 8.24. The van der Waals surface area contributed by atoms with E-state index in [0.717, 1.165) is 18.9 Å². The van der Waals surface area contributed by atoms with Gasteiger partial charge in [0.15, 0.2) is 0 Å². The molecule has 0 aliphatic carbocycles. The van der Waals surface area contributed by atoms with E-state index in [1.807, 2.05) is 13.8 Å². The van der Waals surface area contributed by atoms with Crippen molar-refractivity contribution >= 4 is 5.97 Å². The fourth-order valence-corrected chi connectivity index (χ4v) is 3.92. The molecule has 1 aliphatic rings. The SMILES string of the molecule is C=CC(=O)OC(C)(C)C(CO)C(C)(C)CC1(CC)COCOC1. The average Bonchev–Trinajstić information content (AvgIpc) is 2.46. The van der Waals surface area contributed by atoms with E-state index in [0.29, 0.717) is 20.0 Å². The van der Waals surface area contributed by atoms with Gasteiger partial charge in [-0.3, -0.25) is 0 Å². The molecule has 1 N–H and O–H groups in total. The fourth-order valence-electron chi connectivity index (χ4n) is 3.92. The van der Waals surface area contributed by atoms with Crippen molar-refractivity contribution in [1.29, 1.82) is 0 Å². The van der Waals surface area contributed by atoms with Crippen molar-refractivity contribution in [1.82, 2.24) is 0 Å². The second-order valence-corrected chi connectivity index (χ2v) is 7.80. The Kier molecular flexibility index (Phi) is 6.81. The molecule has 23 heavy (non-hydrogen) atoms. The van der Waals surface area contributed by atoms with Gasteiger partial charge >= 0.3 is 5.97 Å². The maximum absolute atomic E-state index is 11.6. The van der Waals surface area contributed by atoms with Gasteiger partial charge in [0.1, 0.15) is 12.4 Å². The Labute approximate surface area is 140 Å². The second kappa shape index (κ2) is 7.77. The van der Waals surface area contributed by atoms with Crippen molar-refractivity contribution in [3.63, 3.8) is 0 Å². The molecule has 1 aliphatic heterocycles. The first kappa shape index (κ1) is 20.1. The van der Waals surface area contributed by atoms with E-state index in [2.05, 4.69) is 27.4 Å². The Morgan fingerprint density at radius 3 is 2.35 bits per heavy atom. The monoisotopic (exact) mass is 328 g/mol. The Morgan fingerprint density at radius 2 is 1.91 bits per heavy atom. The smallest absolute Gasteiger partial charge is 0.330 e. The number of aliphatic hydroxyl groups excluding tert-OH is 1. The first-order chi connectivity index (χ1) is 10.6. The third-order valence-electron chi connectivity index (χ3n) is 5.06. The van der Waals surface area contributed by atoms with E-state index < -0.39 is 11.6 Å². The highest BCUT2D eigenvalue weighted by molar-refractivity contribution is 5.81. The summed E-state index contributed by atoms with van der Waals surface area (Å²) in [4.78, 5) is 11.6. The lowest BCUT2D eigenvalue weighted by Crippen LogP contribution is -2.50. The van der Waals surface area contributed by atoms with Crippen molar-refractivity contribution in [2.45, 2.75) is 53.1 Å². The summed E-state index contributed by atoms with van der Waals surface area (Å²) in [6.07, 6.45) is 2.90. The average molecular weight is 328 g/mol. The summed E-state index contributed by atoms with van der Waals surface area (Å²) in [6.45, 7) is 15.0. The van der Waals surface area contributed by atoms with E-state index in [1.54, 1.807) is 0 Å². The zero-order chi connectivity index (χ0) is 17.7. The quantitative estimate of drug-likeness (QED) is 0.548. The Balaban J connectivity index is 2.96. The van der Waals surface area contributed by atoms with Crippen LogP contribution in [0.2, 0.25) is 0 Å². The number of ether oxygens (including phenoxy) is 3. The molecule has 0 aromatic carbocycles.